The summed E-state index contributed by atoms with van der Waals surface area (Å²) in [7, 11) is 0. The Hall–Kier alpha value is -2.85. The molecule has 1 fully saturated rings. The molecule has 0 aromatic rings. The van der Waals surface area contributed by atoms with Crippen LogP contribution in [-0.2, 0) is 23.9 Å². The van der Waals surface area contributed by atoms with Gasteiger partial charge in [0.05, 0.1) is 0 Å². The minimum Gasteiger partial charge on any atom is -0.436 e. The molecular formula is C23H41N5O6. The summed E-state index contributed by atoms with van der Waals surface area (Å²) in [4.78, 5) is 61.8. The smallest absolute Gasteiger partial charge is 0.405 e. The molecule has 3 unspecified atom stereocenters. The molecule has 0 bridgehead atoms. The molecule has 0 saturated carbocycles. The van der Waals surface area contributed by atoms with Crippen molar-refractivity contribution < 1.29 is 28.7 Å². The average Bonchev–Trinajstić information content (AvgIpc) is 2.87. The van der Waals surface area contributed by atoms with E-state index in [1.165, 1.54) is 0 Å². The van der Waals surface area contributed by atoms with E-state index in [2.05, 4.69) is 16.0 Å². The van der Waals surface area contributed by atoms with Crippen molar-refractivity contribution in [1.29, 1.82) is 0 Å². The molecule has 194 valence electrons. The normalized spacial score (nSPS) is 20.5. The molecule has 1 rings (SSSR count). The van der Waals surface area contributed by atoms with Crippen molar-refractivity contribution in [1.82, 2.24) is 16.0 Å². The van der Waals surface area contributed by atoms with Crippen molar-refractivity contribution in [2.24, 2.45) is 28.2 Å². The van der Waals surface area contributed by atoms with Crippen LogP contribution in [0.15, 0.2) is 0 Å². The number of amides is 5. The zero-order chi connectivity index (χ0) is 26.6. The molecule has 1 heterocycles. The van der Waals surface area contributed by atoms with Gasteiger partial charge in [-0.2, -0.15) is 0 Å². The largest absolute Gasteiger partial charge is 0.436 e. The summed E-state index contributed by atoms with van der Waals surface area (Å²) in [6.45, 7) is 14.5. The Morgan fingerprint density at radius 1 is 1.03 bits per heavy atom. The van der Waals surface area contributed by atoms with Gasteiger partial charge in [0.1, 0.15) is 12.1 Å². The van der Waals surface area contributed by atoms with Gasteiger partial charge in [0.15, 0.2) is 6.10 Å². The molecule has 5 amide bonds. The van der Waals surface area contributed by atoms with Gasteiger partial charge in [-0.25, -0.2) is 4.79 Å². The van der Waals surface area contributed by atoms with Crippen LogP contribution in [0.2, 0.25) is 0 Å². The minimum atomic E-state index is -1.24. The number of hydrogen-bond donors (Lipinski definition) is 5. The number of rotatable bonds is 9. The summed E-state index contributed by atoms with van der Waals surface area (Å²) in [6, 6.07) is -2.15. The van der Waals surface area contributed by atoms with Gasteiger partial charge in [-0.3, -0.25) is 19.2 Å². The molecule has 7 N–H and O–H groups in total. The van der Waals surface area contributed by atoms with E-state index in [0.29, 0.717) is 6.42 Å². The second kappa shape index (κ2) is 10.6. The Balaban J connectivity index is 3.07. The van der Waals surface area contributed by atoms with Gasteiger partial charge < -0.3 is 32.2 Å². The molecule has 11 heteroatoms. The molecule has 4 atom stereocenters. The third kappa shape index (κ3) is 9.18. The van der Waals surface area contributed by atoms with Gasteiger partial charge >= 0.3 is 6.09 Å². The van der Waals surface area contributed by atoms with Gasteiger partial charge in [0.2, 0.25) is 17.7 Å². The summed E-state index contributed by atoms with van der Waals surface area (Å²) >= 11 is 0. The monoisotopic (exact) mass is 483 g/mol. The van der Waals surface area contributed by atoms with Crippen LogP contribution in [0.3, 0.4) is 0 Å². The van der Waals surface area contributed by atoms with Gasteiger partial charge in [-0.15, -0.1) is 0 Å². The van der Waals surface area contributed by atoms with Crippen molar-refractivity contribution in [2.45, 2.75) is 98.4 Å². The molecule has 0 aromatic carbocycles. The van der Waals surface area contributed by atoms with Gasteiger partial charge in [-0.1, -0.05) is 41.5 Å². The standard InChI is InChI=1S/C23H41N5O6/c1-21(2,3)11-14(27-19(32)15(22(4,5)6)34-20(25)33)18(31)26-13(16(24)29)9-12-10-23(7,8)28-17(12)30/h12-15H,9-11H2,1-8H3,(H2,24,29)(H2,25,33)(H,26,31)(H,27,32)(H,28,30)/t12-,13?,14?,15?/m1/s1. The molecule has 1 aliphatic heterocycles. The molecule has 0 aliphatic carbocycles. The third-order valence-electron chi connectivity index (χ3n) is 5.48. The molecule has 0 spiro atoms. The lowest BCUT2D eigenvalue weighted by molar-refractivity contribution is -0.139. The predicted molar refractivity (Wildman–Crippen MR) is 126 cm³/mol. The quantitative estimate of drug-likeness (QED) is 0.321. The van der Waals surface area contributed by atoms with E-state index in [1.807, 2.05) is 34.6 Å². The molecule has 0 aromatic heterocycles. The Bertz CT molecular complexity index is 812. The van der Waals surface area contributed by atoms with E-state index in [-0.39, 0.29) is 24.2 Å². The highest BCUT2D eigenvalue weighted by molar-refractivity contribution is 5.93. The van der Waals surface area contributed by atoms with E-state index < -0.39 is 58.9 Å². The summed E-state index contributed by atoms with van der Waals surface area (Å²) in [6.07, 6.45) is -1.59. The Kier molecular flexibility index (Phi) is 9.10. The molecular weight excluding hydrogens is 442 g/mol. The summed E-state index contributed by atoms with van der Waals surface area (Å²) in [5.74, 6) is -2.80. The number of nitrogens with two attached hydrogens (primary N) is 2. The first-order valence-corrected chi connectivity index (χ1v) is 11.4. The van der Waals surface area contributed by atoms with Crippen molar-refractivity contribution in [2.75, 3.05) is 0 Å². The van der Waals surface area contributed by atoms with Crippen LogP contribution in [0.1, 0.15) is 74.7 Å². The maximum absolute atomic E-state index is 13.2. The van der Waals surface area contributed by atoms with Crippen LogP contribution < -0.4 is 27.4 Å². The zero-order valence-electron chi connectivity index (χ0n) is 21.5. The lowest BCUT2D eigenvalue weighted by atomic mass is 9.85. The lowest BCUT2D eigenvalue weighted by Gasteiger charge is -2.32. The Labute approximate surface area is 201 Å². The first-order valence-electron chi connectivity index (χ1n) is 11.4. The second-order valence-electron chi connectivity index (χ2n) is 12.0. The number of carbonyl (C=O) groups is 5. The van der Waals surface area contributed by atoms with Crippen LogP contribution in [0.5, 0.6) is 0 Å². The summed E-state index contributed by atoms with van der Waals surface area (Å²) in [5.41, 5.74) is 9.05. The van der Waals surface area contributed by atoms with Crippen LogP contribution in [0, 0.1) is 16.7 Å². The van der Waals surface area contributed by atoms with Crippen molar-refractivity contribution in [3.63, 3.8) is 0 Å². The number of hydrogen-bond acceptors (Lipinski definition) is 6. The van der Waals surface area contributed by atoms with Crippen LogP contribution >= 0.6 is 0 Å². The first kappa shape index (κ1) is 29.2. The van der Waals surface area contributed by atoms with E-state index in [0.717, 1.165) is 0 Å². The molecule has 0 radical (unpaired) electrons. The van der Waals surface area contributed by atoms with Gasteiger partial charge in [0.25, 0.3) is 5.91 Å². The molecule has 1 aliphatic rings. The highest BCUT2D eigenvalue weighted by Gasteiger charge is 2.41. The summed E-state index contributed by atoms with van der Waals surface area (Å²) in [5, 5.41) is 8.08. The maximum Gasteiger partial charge on any atom is 0.405 e. The number of nitrogens with one attached hydrogen (secondary N) is 3. The van der Waals surface area contributed by atoms with Crippen LogP contribution in [0.4, 0.5) is 4.79 Å². The fourth-order valence-corrected chi connectivity index (χ4v) is 4.00. The van der Waals surface area contributed by atoms with E-state index >= 15 is 0 Å². The molecule has 34 heavy (non-hydrogen) atoms. The second-order valence-corrected chi connectivity index (χ2v) is 12.0. The van der Waals surface area contributed by atoms with Gasteiger partial charge in [-0.05, 0) is 38.5 Å². The van der Waals surface area contributed by atoms with E-state index in [1.54, 1.807) is 20.8 Å². The van der Waals surface area contributed by atoms with Crippen LogP contribution in [0.25, 0.3) is 0 Å². The highest BCUT2D eigenvalue weighted by Crippen LogP contribution is 2.28. The highest BCUT2D eigenvalue weighted by atomic mass is 16.6. The van der Waals surface area contributed by atoms with E-state index in [9.17, 15) is 24.0 Å². The topological polar surface area (TPSA) is 183 Å². The minimum absolute atomic E-state index is 0.0436. The number of carbonyl (C=O) groups excluding carboxylic acids is 5. The average molecular weight is 484 g/mol. The fourth-order valence-electron chi connectivity index (χ4n) is 4.00. The van der Waals surface area contributed by atoms with Crippen molar-refractivity contribution >= 4 is 29.7 Å². The third-order valence-corrected chi connectivity index (χ3v) is 5.48. The molecule has 11 nitrogen and oxygen atoms in total. The van der Waals surface area contributed by atoms with Gasteiger partial charge in [0, 0.05) is 16.9 Å². The Morgan fingerprint density at radius 3 is 1.94 bits per heavy atom. The lowest BCUT2D eigenvalue weighted by Crippen LogP contribution is -2.57. The van der Waals surface area contributed by atoms with Crippen molar-refractivity contribution in [3.8, 4) is 0 Å². The maximum atomic E-state index is 13.2. The van der Waals surface area contributed by atoms with Crippen molar-refractivity contribution in [3.05, 3.63) is 0 Å². The summed E-state index contributed by atoms with van der Waals surface area (Å²) < 4.78 is 5.00. The van der Waals surface area contributed by atoms with Crippen LogP contribution in [-0.4, -0.2) is 53.4 Å². The fraction of sp³-hybridized carbons (Fsp3) is 0.783. The zero-order valence-corrected chi connectivity index (χ0v) is 21.5. The van der Waals surface area contributed by atoms with E-state index in [4.69, 9.17) is 16.2 Å². The number of ether oxygens (including phenoxy) is 1. The SMILES string of the molecule is CC(C)(C)CC(NC(=O)C(OC(N)=O)C(C)(C)C)C(=O)NC(C[C@@H]1CC(C)(C)NC1=O)C(N)=O. The Morgan fingerprint density at radius 2 is 1.56 bits per heavy atom. The molecule has 1 saturated heterocycles. The number of primary amides is 2. The first-order chi connectivity index (χ1) is 15.2. The predicted octanol–water partition coefficient (Wildman–Crippen LogP) is 0.692.